The first-order chi connectivity index (χ1) is 6.45. The molecular formula is C10H11N3. The molecule has 0 aromatic carbocycles. The van der Waals surface area contributed by atoms with Gasteiger partial charge in [0.15, 0.2) is 0 Å². The molecule has 3 heterocycles. The summed E-state index contributed by atoms with van der Waals surface area (Å²) < 4.78 is 2.19. The number of nitrogens with zero attached hydrogens (tertiary/aromatic N) is 2. The van der Waals surface area contributed by atoms with Crippen LogP contribution in [0.25, 0.3) is 5.65 Å². The van der Waals surface area contributed by atoms with E-state index in [2.05, 4.69) is 20.9 Å². The maximum absolute atomic E-state index is 4.38. The van der Waals surface area contributed by atoms with Crippen LogP contribution in [0, 0.1) is 0 Å². The van der Waals surface area contributed by atoms with Crippen LogP contribution < -0.4 is 5.32 Å². The summed E-state index contributed by atoms with van der Waals surface area (Å²) in [6.45, 7) is 2.03. The van der Waals surface area contributed by atoms with E-state index < -0.39 is 0 Å². The third-order valence-electron chi connectivity index (χ3n) is 2.60. The summed E-state index contributed by atoms with van der Waals surface area (Å²) in [4.78, 5) is 4.38. The molecular weight excluding hydrogens is 162 g/mol. The highest BCUT2D eigenvalue weighted by atomic mass is 15.0. The average molecular weight is 173 g/mol. The minimum atomic E-state index is 0.955. The molecule has 13 heavy (non-hydrogen) atoms. The van der Waals surface area contributed by atoms with Gasteiger partial charge in [0, 0.05) is 43.2 Å². The first-order valence-corrected chi connectivity index (χ1v) is 4.60. The molecule has 0 radical (unpaired) electrons. The van der Waals surface area contributed by atoms with Crippen molar-refractivity contribution >= 4 is 5.65 Å². The molecule has 3 heteroatoms. The first kappa shape index (κ1) is 7.09. The predicted molar refractivity (Wildman–Crippen MR) is 50.6 cm³/mol. The van der Waals surface area contributed by atoms with Crippen LogP contribution in [0.2, 0.25) is 0 Å². The standard InChI is InChI=1S/C10H11N3/c1-2-10-12-7-8-6-11-4-3-9(8)13(10)5-1/h1-2,5,7,11H,3-4,6H2. The highest BCUT2D eigenvalue weighted by molar-refractivity contribution is 5.42. The van der Waals surface area contributed by atoms with E-state index in [4.69, 9.17) is 0 Å². The number of rotatable bonds is 0. The fourth-order valence-electron chi connectivity index (χ4n) is 1.94. The molecule has 0 saturated carbocycles. The lowest BCUT2D eigenvalue weighted by molar-refractivity contribution is 0.621. The van der Waals surface area contributed by atoms with E-state index in [0.29, 0.717) is 0 Å². The van der Waals surface area contributed by atoms with Gasteiger partial charge in [0.1, 0.15) is 5.65 Å². The molecule has 1 aliphatic rings. The summed E-state index contributed by atoms with van der Waals surface area (Å²) in [5.41, 5.74) is 3.80. The zero-order chi connectivity index (χ0) is 8.67. The predicted octanol–water partition coefficient (Wildman–Crippen LogP) is 0.980. The lowest BCUT2D eigenvalue weighted by Crippen LogP contribution is -2.25. The number of fused-ring (bicyclic) bond motifs is 3. The minimum absolute atomic E-state index is 0.955. The van der Waals surface area contributed by atoms with Crippen molar-refractivity contribution < 1.29 is 0 Å². The van der Waals surface area contributed by atoms with E-state index in [0.717, 1.165) is 25.2 Å². The van der Waals surface area contributed by atoms with Gasteiger partial charge in [0.2, 0.25) is 0 Å². The smallest absolute Gasteiger partial charge is 0.136 e. The zero-order valence-electron chi connectivity index (χ0n) is 7.33. The Bertz CT molecular complexity index is 444. The van der Waals surface area contributed by atoms with Gasteiger partial charge in [-0.1, -0.05) is 0 Å². The average Bonchev–Trinajstić information content (AvgIpc) is 2.65. The monoisotopic (exact) mass is 173 g/mol. The van der Waals surface area contributed by atoms with Gasteiger partial charge in [-0.3, -0.25) is 0 Å². The molecule has 1 N–H and O–H groups in total. The highest BCUT2D eigenvalue weighted by Gasteiger charge is 2.11. The molecule has 0 fully saturated rings. The molecule has 0 bridgehead atoms. The Hall–Kier alpha value is -1.35. The van der Waals surface area contributed by atoms with Crippen molar-refractivity contribution in [2.45, 2.75) is 13.0 Å². The lowest BCUT2D eigenvalue weighted by Gasteiger charge is -2.17. The highest BCUT2D eigenvalue weighted by Crippen LogP contribution is 2.14. The van der Waals surface area contributed by atoms with Crippen molar-refractivity contribution in [1.29, 1.82) is 0 Å². The molecule has 2 aromatic heterocycles. The Kier molecular flexibility index (Phi) is 1.40. The molecule has 66 valence electrons. The van der Waals surface area contributed by atoms with Gasteiger partial charge in [-0.15, -0.1) is 0 Å². The van der Waals surface area contributed by atoms with Crippen LogP contribution in [0.15, 0.2) is 24.5 Å². The Morgan fingerprint density at radius 1 is 1.46 bits per heavy atom. The number of nitrogens with one attached hydrogen (secondary N) is 1. The molecule has 0 spiro atoms. The van der Waals surface area contributed by atoms with E-state index >= 15 is 0 Å². The zero-order valence-corrected chi connectivity index (χ0v) is 7.33. The summed E-state index contributed by atoms with van der Waals surface area (Å²) in [5.74, 6) is 0. The molecule has 0 amide bonds. The van der Waals surface area contributed by atoms with E-state index in [1.165, 1.54) is 11.3 Å². The third kappa shape index (κ3) is 0.971. The minimum Gasteiger partial charge on any atom is -0.312 e. The number of hydrogen-bond acceptors (Lipinski definition) is 2. The fourth-order valence-corrected chi connectivity index (χ4v) is 1.94. The van der Waals surface area contributed by atoms with Crippen LogP contribution >= 0.6 is 0 Å². The van der Waals surface area contributed by atoms with Crippen molar-refractivity contribution in [1.82, 2.24) is 14.7 Å². The van der Waals surface area contributed by atoms with Crippen molar-refractivity contribution in [3.63, 3.8) is 0 Å². The Morgan fingerprint density at radius 2 is 2.46 bits per heavy atom. The summed E-state index contributed by atoms with van der Waals surface area (Å²) in [7, 11) is 0. The maximum atomic E-state index is 4.38. The van der Waals surface area contributed by atoms with E-state index in [1.54, 1.807) is 0 Å². The van der Waals surface area contributed by atoms with Crippen LogP contribution in [0.3, 0.4) is 0 Å². The van der Waals surface area contributed by atoms with Crippen molar-refractivity contribution in [3.05, 3.63) is 35.8 Å². The SMILES string of the molecule is c1cc2ncc3c(n2c1)CCNC3. The molecule has 1 aliphatic heterocycles. The fraction of sp³-hybridized carbons (Fsp3) is 0.300. The maximum Gasteiger partial charge on any atom is 0.136 e. The Balaban J connectivity index is 2.34. The second-order valence-corrected chi connectivity index (χ2v) is 3.39. The second-order valence-electron chi connectivity index (χ2n) is 3.39. The summed E-state index contributed by atoms with van der Waals surface area (Å²) >= 11 is 0. The third-order valence-corrected chi connectivity index (χ3v) is 2.60. The van der Waals surface area contributed by atoms with Gasteiger partial charge in [-0.2, -0.15) is 0 Å². The van der Waals surface area contributed by atoms with Crippen LogP contribution in [0.4, 0.5) is 0 Å². The van der Waals surface area contributed by atoms with Gasteiger partial charge in [0.05, 0.1) is 0 Å². The van der Waals surface area contributed by atoms with Crippen LogP contribution in [0.5, 0.6) is 0 Å². The van der Waals surface area contributed by atoms with Gasteiger partial charge in [-0.05, 0) is 12.1 Å². The van der Waals surface area contributed by atoms with Gasteiger partial charge in [0.25, 0.3) is 0 Å². The normalized spacial score (nSPS) is 16.0. The molecule has 3 nitrogen and oxygen atoms in total. The molecule has 0 atom stereocenters. The molecule has 2 aromatic rings. The van der Waals surface area contributed by atoms with Gasteiger partial charge >= 0.3 is 0 Å². The molecule has 0 saturated heterocycles. The Labute approximate surface area is 76.4 Å². The molecule has 0 aliphatic carbocycles. The van der Waals surface area contributed by atoms with Crippen molar-refractivity contribution in [2.24, 2.45) is 0 Å². The van der Waals surface area contributed by atoms with Crippen LogP contribution in [0.1, 0.15) is 11.3 Å². The quantitative estimate of drug-likeness (QED) is 0.643. The van der Waals surface area contributed by atoms with Gasteiger partial charge in [-0.25, -0.2) is 4.98 Å². The van der Waals surface area contributed by atoms with E-state index in [1.807, 2.05) is 18.3 Å². The summed E-state index contributed by atoms with van der Waals surface area (Å²) in [6, 6.07) is 4.09. The van der Waals surface area contributed by atoms with Crippen LogP contribution in [-0.4, -0.2) is 15.9 Å². The molecule has 0 unspecified atom stereocenters. The topological polar surface area (TPSA) is 29.3 Å². The first-order valence-electron chi connectivity index (χ1n) is 4.60. The van der Waals surface area contributed by atoms with E-state index in [9.17, 15) is 0 Å². The Morgan fingerprint density at radius 3 is 3.46 bits per heavy atom. The lowest BCUT2D eigenvalue weighted by atomic mass is 10.1. The van der Waals surface area contributed by atoms with Crippen molar-refractivity contribution in [3.8, 4) is 0 Å². The van der Waals surface area contributed by atoms with Gasteiger partial charge < -0.3 is 9.72 Å². The number of hydrogen-bond donors (Lipinski definition) is 1. The second kappa shape index (κ2) is 2.57. The van der Waals surface area contributed by atoms with Crippen molar-refractivity contribution in [2.75, 3.05) is 6.54 Å². The van der Waals surface area contributed by atoms with Crippen LogP contribution in [-0.2, 0) is 13.0 Å². The largest absolute Gasteiger partial charge is 0.312 e. The van der Waals surface area contributed by atoms with E-state index in [-0.39, 0.29) is 0 Å². The summed E-state index contributed by atoms with van der Waals surface area (Å²) in [6.07, 6.45) is 5.17. The molecule has 3 rings (SSSR count). The summed E-state index contributed by atoms with van der Waals surface area (Å²) in [5, 5.41) is 3.34. The number of aromatic nitrogens is 2.